The van der Waals surface area contributed by atoms with Crippen molar-refractivity contribution in [3.8, 4) is 5.75 Å². The number of piperidine rings is 1. The van der Waals surface area contributed by atoms with Crippen molar-refractivity contribution in [2.75, 3.05) is 39.0 Å². The number of nitrogens with two attached hydrogens (primary N) is 1. The standard InChI is InChI=1S/C23H27ClF3N3O3.ClH/c1-33-21-11-19(28)18(24)10-17(21)22(32)29-12-14-6-8-30(9-7-14)13-20(31)15-2-4-16(5-3-15)23(25,26)27;/h2-5,10-11,14,20,31H,6-9,12-13,28H2,1H3,(H,29,32);1H. The molecule has 1 fully saturated rings. The Balaban J connectivity index is 0.00000408. The molecule has 0 aliphatic carbocycles. The number of nitrogens with one attached hydrogen (secondary N) is 1. The molecule has 1 aliphatic heterocycles. The molecule has 1 aliphatic rings. The quantitative estimate of drug-likeness (QED) is 0.465. The number of rotatable bonds is 7. The summed E-state index contributed by atoms with van der Waals surface area (Å²) in [5.74, 6) is 0.319. The van der Waals surface area contributed by atoms with E-state index >= 15 is 0 Å². The zero-order valence-corrected chi connectivity index (χ0v) is 20.1. The number of aliphatic hydroxyl groups is 1. The Morgan fingerprint density at radius 2 is 1.88 bits per heavy atom. The normalized spacial score (nSPS) is 15.9. The molecule has 0 saturated carbocycles. The topological polar surface area (TPSA) is 87.8 Å². The highest BCUT2D eigenvalue weighted by atomic mass is 35.5. The highest BCUT2D eigenvalue weighted by molar-refractivity contribution is 6.33. The summed E-state index contributed by atoms with van der Waals surface area (Å²) in [6.45, 7) is 2.26. The number of carbonyl (C=O) groups is 1. The summed E-state index contributed by atoms with van der Waals surface area (Å²) in [6, 6.07) is 7.59. The van der Waals surface area contributed by atoms with Crippen molar-refractivity contribution in [3.05, 3.63) is 58.1 Å². The highest BCUT2D eigenvalue weighted by Gasteiger charge is 2.30. The molecule has 1 atom stereocenters. The van der Waals surface area contributed by atoms with E-state index in [4.69, 9.17) is 22.1 Å². The monoisotopic (exact) mass is 521 g/mol. The van der Waals surface area contributed by atoms with Crippen molar-refractivity contribution < 1.29 is 27.8 Å². The number of anilines is 1. The maximum atomic E-state index is 12.7. The fourth-order valence-electron chi connectivity index (χ4n) is 3.87. The molecule has 2 aromatic rings. The third-order valence-electron chi connectivity index (χ3n) is 5.88. The van der Waals surface area contributed by atoms with Gasteiger partial charge < -0.3 is 25.8 Å². The van der Waals surface area contributed by atoms with Crippen molar-refractivity contribution in [1.29, 1.82) is 0 Å². The average Bonchev–Trinajstić information content (AvgIpc) is 2.79. The second kappa shape index (κ2) is 12.0. The Labute approximate surface area is 207 Å². The summed E-state index contributed by atoms with van der Waals surface area (Å²) in [7, 11) is 1.45. The molecule has 1 amide bonds. The Morgan fingerprint density at radius 3 is 2.44 bits per heavy atom. The number of nitrogens with zero attached hydrogens (tertiary/aromatic N) is 1. The van der Waals surface area contributed by atoms with Crippen molar-refractivity contribution in [2.45, 2.75) is 25.1 Å². The first-order valence-electron chi connectivity index (χ1n) is 10.6. The molecule has 34 heavy (non-hydrogen) atoms. The molecule has 0 radical (unpaired) electrons. The van der Waals surface area contributed by atoms with Gasteiger partial charge >= 0.3 is 6.18 Å². The highest BCUT2D eigenvalue weighted by Crippen LogP contribution is 2.31. The second-order valence-corrected chi connectivity index (χ2v) is 8.57. The third kappa shape index (κ3) is 7.15. The summed E-state index contributed by atoms with van der Waals surface area (Å²) in [4.78, 5) is 14.7. The van der Waals surface area contributed by atoms with Crippen molar-refractivity contribution in [2.24, 2.45) is 5.92 Å². The smallest absolute Gasteiger partial charge is 0.416 e. The van der Waals surface area contributed by atoms with Crippen LogP contribution in [-0.2, 0) is 6.18 Å². The number of benzene rings is 2. The van der Waals surface area contributed by atoms with E-state index in [0.29, 0.717) is 35.7 Å². The minimum absolute atomic E-state index is 0. The summed E-state index contributed by atoms with van der Waals surface area (Å²) in [6.07, 6.45) is -3.63. The van der Waals surface area contributed by atoms with Gasteiger partial charge in [-0.25, -0.2) is 0 Å². The third-order valence-corrected chi connectivity index (χ3v) is 6.20. The fraction of sp³-hybridized carbons (Fsp3) is 0.435. The van der Waals surface area contributed by atoms with Crippen LogP contribution in [0, 0.1) is 5.92 Å². The maximum absolute atomic E-state index is 12.7. The number of β-amino-alcohol motifs (C(OH)–C–C–N with tert-alkyl or cyclic N) is 1. The number of alkyl halides is 3. The van der Waals surface area contributed by atoms with Gasteiger partial charge in [-0.2, -0.15) is 13.2 Å². The zero-order valence-electron chi connectivity index (χ0n) is 18.6. The Morgan fingerprint density at radius 1 is 1.26 bits per heavy atom. The second-order valence-electron chi connectivity index (χ2n) is 8.16. The van der Waals surface area contributed by atoms with E-state index in [-0.39, 0.29) is 29.3 Å². The van der Waals surface area contributed by atoms with Gasteiger partial charge in [0.05, 0.1) is 35.1 Å². The van der Waals surface area contributed by atoms with Crippen LogP contribution in [0.3, 0.4) is 0 Å². The number of hydrogen-bond acceptors (Lipinski definition) is 5. The molecule has 0 bridgehead atoms. The summed E-state index contributed by atoms with van der Waals surface area (Å²) in [5, 5.41) is 13.6. The minimum Gasteiger partial charge on any atom is -0.496 e. The first kappa shape index (κ1) is 28.0. The van der Waals surface area contributed by atoms with E-state index in [0.717, 1.165) is 38.1 Å². The minimum atomic E-state index is -4.40. The molecule has 1 unspecified atom stereocenters. The van der Waals surface area contributed by atoms with E-state index in [1.807, 2.05) is 0 Å². The number of nitrogen functional groups attached to an aromatic ring is 1. The Bertz CT molecular complexity index is 966. The van der Waals surface area contributed by atoms with Crippen LogP contribution in [0.2, 0.25) is 5.02 Å². The summed E-state index contributed by atoms with van der Waals surface area (Å²) < 4.78 is 43.3. The van der Waals surface area contributed by atoms with Crippen molar-refractivity contribution in [1.82, 2.24) is 10.2 Å². The predicted octanol–water partition coefficient (Wildman–Crippen LogP) is 4.55. The van der Waals surface area contributed by atoms with Gasteiger partial charge in [-0.05, 0) is 55.6 Å². The number of halogens is 5. The molecule has 188 valence electrons. The largest absolute Gasteiger partial charge is 0.496 e. The van der Waals surface area contributed by atoms with Crippen LogP contribution < -0.4 is 15.8 Å². The van der Waals surface area contributed by atoms with E-state index in [2.05, 4.69) is 10.2 Å². The van der Waals surface area contributed by atoms with Gasteiger partial charge in [-0.1, -0.05) is 23.7 Å². The first-order valence-corrected chi connectivity index (χ1v) is 10.9. The van der Waals surface area contributed by atoms with Crippen LogP contribution in [0.5, 0.6) is 5.75 Å². The summed E-state index contributed by atoms with van der Waals surface area (Å²) in [5.41, 5.74) is 6.11. The van der Waals surface area contributed by atoms with E-state index in [1.54, 1.807) is 0 Å². The van der Waals surface area contributed by atoms with Crippen LogP contribution in [0.25, 0.3) is 0 Å². The molecule has 3 rings (SSSR count). The maximum Gasteiger partial charge on any atom is 0.416 e. The van der Waals surface area contributed by atoms with Crippen molar-refractivity contribution in [3.63, 3.8) is 0 Å². The number of ether oxygens (including phenoxy) is 1. The number of methoxy groups -OCH3 is 1. The van der Waals surface area contributed by atoms with Gasteiger partial charge in [-0.15, -0.1) is 12.4 Å². The van der Waals surface area contributed by atoms with Crippen LogP contribution in [0.1, 0.15) is 40.4 Å². The van der Waals surface area contributed by atoms with Gasteiger partial charge in [-0.3, -0.25) is 4.79 Å². The lowest BCUT2D eigenvalue weighted by Gasteiger charge is -2.33. The Kier molecular flexibility index (Phi) is 9.87. The molecule has 4 N–H and O–H groups in total. The molecule has 6 nitrogen and oxygen atoms in total. The van der Waals surface area contributed by atoms with Crippen LogP contribution in [-0.4, -0.2) is 49.2 Å². The molecule has 1 saturated heterocycles. The van der Waals surface area contributed by atoms with E-state index < -0.39 is 17.8 Å². The number of aliphatic hydroxyl groups excluding tert-OH is 1. The first-order chi connectivity index (χ1) is 15.6. The molecule has 11 heteroatoms. The van der Waals surface area contributed by atoms with E-state index in [9.17, 15) is 23.1 Å². The van der Waals surface area contributed by atoms with Crippen LogP contribution >= 0.6 is 24.0 Å². The number of hydrogen-bond donors (Lipinski definition) is 3. The van der Waals surface area contributed by atoms with E-state index in [1.165, 1.54) is 31.4 Å². The van der Waals surface area contributed by atoms with Gasteiger partial charge in [0.15, 0.2) is 0 Å². The predicted molar refractivity (Wildman–Crippen MR) is 128 cm³/mol. The van der Waals surface area contributed by atoms with Crippen molar-refractivity contribution >= 4 is 35.6 Å². The molecule has 0 aromatic heterocycles. The SMILES string of the molecule is COc1cc(N)c(Cl)cc1C(=O)NCC1CCN(CC(O)c2ccc(C(F)(F)F)cc2)CC1.Cl. The molecular formula is C23H28Cl2F3N3O3. The van der Waals surface area contributed by atoms with Gasteiger partial charge in [0.1, 0.15) is 5.75 Å². The summed E-state index contributed by atoms with van der Waals surface area (Å²) >= 11 is 6.03. The molecule has 2 aromatic carbocycles. The number of likely N-dealkylation sites (tertiary alicyclic amines) is 1. The number of carbonyl (C=O) groups excluding carboxylic acids is 1. The van der Waals surface area contributed by atoms with Crippen LogP contribution in [0.15, 0.2) is 36.4 Å². The van der Waals surface area contributed by atoms with Gasteiger partial charge in [0.25, 0.3) is 5.91 Å². The van der Waals surface area contributed by atoms with Gasteiger partial charge in [0, 0.05) is 19.2 Å². The average molecular weight is 522 g/mol. The Hall–Kier alpha value is -2.20. The zero-order chi connectivity index (χ0) is 24.2. The molecule has 0 spiro atoms. The van der Waals surface area contributed by atoms with Crippen LogP contribution in [0.4, 0.5) is 18.9 Å². The molecular weight excluding hydrogens is 494 g/mol. The van der Waals surface area contributed by atoms with Gasteiger partial charge in [0.2, 0.25) is 0 Å². The lowest BCUT2D eigenvalue weighted by molar-refractivity contribution is -0.137. The lowest BCUT2D eigenvalue weighted by Crippen LogP contribution is -2.40. The number of amides is 1. The lowest BCUT2D eigenvalue weighted by atomic mass is 9.96. The fourth-order valence-corrected chi connectivity index (χ4v) is 4.03. The molecule has 1 heterocycles.